The van der Waals surface area contributed by atoms with Gasteiger partial charge in [0.15, 0.2) is 0 Å². The largest absolute Gasteiger partial charge is 0.496 e. The molecule has 0 bridgehead atoms. The van der Waals surface area contributed by atoms with Crippen LogP contribution >= 0.6 is 0 Å². The van der Waals surface area contributed by atoms with E-state index in [0.29, 0.717) is 0 Å². The van der Waals surface area contributed by atoms with E-state index in [1.54, 1.807) is 7.11 Å². The van der Waals surface area contributed by atoms with E-state index in [4.69, 9.17) is 4.74 Å². The Kier molecular flexibility index (Phi) is 3.79. The summed E-state index contributed by atoms with van der Waals surface area (Å²) in [6, 6.07) is 10.6. The molecule has 19 heavy (non-hydrogen) atoms. The maximum Gasteiger partial charge on any atom is 0.130 e. The van der Waals surface area contributed by atoms with Crippen LogP contribution in [0.15, 0.2) is 30.3 Å². The van der Waals surface area contributed by atoms with Crippen LogP contribution in [0.25, 0.3) is 11.1 Å². The predicted octanol–water partition coefficient (Wildman–Crippen LogP) is 4.33. The highest BCUT2D eigenvalue weighted by atomic mass is 16.5. The average molecular weight is 255 g/mol. The molecule has 0 saturated heterocycles. The average Bonchev–Trinajstić information content (AvgIpc) is 2.42. The number of hydrogen-bond acceptors (Lipinski definition) is 2. The molecular weight excluding hydrogens is 234 g/mol. The van der Waals surface area contributed by atoms with E-state index >= 15 is 0 Å². The normalized spacial score (nSPS) is 10.4. The summed E-state index contributed by atoms with van der Waals surface area (Å²) in [6.07, 6.45) is 0. The van der Waals surface area contributed by atoms with Crippen molar-refractivity contribution in [1.29, 1.82) is 0 Å². The Hall–Kier alpha value is -1.96. The first-order valence-corrected chi connectivity index (χ1v) is 6.51. The van der Waals surface area contributed by atoms with Crippen molar-refractivity contribution in [3.8, 4) is 16.9 Å². The summed E-state index contributed by atoms with van der Waals surface area (Å²) in [4.78, 5) is 0. The molecule has 0 aliphatic rings. The fraction of sp³-hybridized carbons (Fsp3) is 0.294. The van der Waals surface area contributed by atoms with E-state index in [1.807, 2.05) is 7.05 Å². The zero-order valence-corrected chi connectivity index (χ0v) is 12.3. The Morgan fingerprint density at radius 1 is 1.00 bits per heavy atom. The molecule has 1 N–H and O–H groups in total. The van der Waals surface area contributed by atoms with Crippen LogP contribution in [0.5, 0.6) is 5.75 Å². The summed E-state index contributed by atoms with van der Waals surface area (Å²) < 4.78 is 5.65. The van der Waals surface area contributed by atoms with E-state index in [-0.39, 0.29) is 0 Å². The lowest BCUT2D eigenvalue weighted by atomic mass is 9.93. The quantitative estimate of drug-likeness (QED) is 0.881. The molecule has 0 radical (unpaired) electrons. The molecule has 0 aromatic heterocycles. The van der Waals surface area contributed by atoms with Crippen LogP contribution in [0.1, 0.15) is 16.7 Å². The number of hydrogen-bond donors (Lipinski definition) is 1. The standard InChI is InChI=1S/C17H21NO/c1-11-9-12(2)16(17(19-5)13(11)3)14-7-6-8-15(10-14)18-4/h6-10,18H,1-5H3. The van der Waals surface area contributed by atoms with Crippen molar-refractivity contribution in [2.45, 2.75) is 20.8 Å². The molecule has 0 fully saturated rings. The van der Waals surface area contributed by atoms with Gasteiger partial charge in [-0.25, -0.2) is 0 Å². The minimum Gasteiger partial charge on any atom is -0.496 e. The molecule has 0 unspecified atom stereocenters. The molecule has 0 amide bonds. The predicted molar refractivity (Wildman–Crippen MR) is 82.2 cm³/mol. The van der Waals surface area contributed by atoms with Gasteiger partial charge in [0, 0.05) is 18.3 Å². The fourth-order valence-corrected chi connectivity index (χ4v) is 2.49. The summed E-state index contributed by atoms with van der Waals surface area (Å²) in [7, 11) is 3.68. The first-order chi connectivity index (χ1) is 9.08. The molecule has 2 rings (SSSR count). The van der Waals surface area contributed by atoms with Crippen LogP contribution in [-0.4, -0.2) is 14.2 Å². The summed E-state index contributed by atoms with van der Waals surface area (Å²) in [5, 5.41) is 3.18. The Bertz CT molecular complexity index is 602. The molecular formula is C17H21NO. The number of rotatable bonds is 3. The van der Waals surface area contributed by atoms with Gasteiger partial charge in [-0.3, -0.25) is 0 Å². The fourth-order valence-electron chi connectivity index (χ4n) is 2.49. The van der Waals surface area contributed by atoms with E-state index in [9.17, 15) is 0 Å². The number of aryl methyl sites for hydroxylation is 2. The lowest BCUT2D eigenvalue weighted by Crippen LogP contribution is -1.97. The van der Waals surface area contributed by atoms with Gasteiger partial charge in [0.1, 0.15) is 5.75 Å². The van der Waals surface area contributed by atoms with Gasteiger partial charge < -0.3 is 10.1 Å². The highest BCUT2D eigenvalue weighted by Gasteiger charge is 2.14. The van der Waals surface area contributed by atoms with Crippen molar-refractivity contribution in [1.82, 2.24) is 0 Å². The number of nitrogens with one attached hydrogen (secondary N) is 1. The Morgan fingerprint density at radius 2 is 1.74 bits per heavy atom. The first kappa shape index (κ1) is 13.5. The molecule has 0 aliphatic carbocycles. The van der Waals surface area contributed by atoms with Crippen LogP contribution in [-0.2, 0) is 0 Å². The smallest absolute Gasteiger partial charge is 0.130 e. The van der Waals surface area contributed by atoms with Crippen molar-refractivity contribution in [3.05, 3.63) is 47.0 Å². The summed E-state index contributed by atoms with van der Waals surface area (Å²) in [6.45, 7) is 6.37. The minimum absolute atomic E-state index is 0.978. The lowest BCUT2D eigenvalue weighted by molar-refractivity contribution is 0.412. The van der Waals surface area contributed by atoms with Gasteiger partial charge in [-0.05, 0) is 55.2 Å². The van der Waals surface area contributed by atoms with Gasteiger partial charge in [0.2, 0.25) is 0 Å². The van der Waals surface area contributed by atoms with Crippen LogP contribution in [0, 0.1) is 20.8 Å². The molecule has 100 valence electrons. The summed E-state index contributed by atoms with van der Waals surface area (Å²) >= 11 is 0. The number of benzene rings is 2. The van der Waals surface area contributed by atoms with E-state index in [0.717, 1.165) is 11.4 Å². The van der Waals surface area contributed by atoms with Crippen molar-refractivity contribution < 1.29 is 4.74 Å². The third-order valence-corrected chi connectivity index (χ3v) is 3.63. The van der Waals surface area contributed by atoms with Crippen LogP contribution in [0.2, 0.25) is 0 Å². The second kappa shape index (κ2) is 5.35. The van der Waals surface area contributed by atoms with Gasteiger partial charge >= 0.3 is 0 Å². The zero-order valence-electron chi connectivity index (χ0n) is 12.3. The monoisotopic (exact) mass is 255 g/mol. The Balaban J connectivity index is 2.70. The third kappa shape index (κ3) is 2.43. The van der Waals surface area contributed by atoms with Crippen molar-refractivity contribution in [2.75, 3.05) is 19.5 Å². The number of anilines is 1. The Labute approximate surface area is 115 Å². The molecule has 0 saturated carbocycles. The molecule has 2 aromatic carbocycles. The minimum atomic E-state index is 0.978. The molecule has 0 spiro atoms. The number of methoxy groups -OCH3 is 1. The van der Waals surface area contributed by atoms with E-state index in [1.165, 1.54) is 27.8 Å². The van der Waals surface area contributed by atoms with E-state index in [2.05, 4.69) is 56.4 Å². The zero-order chi connectivity index (χ0) is 14.0. The maximum atomic E-state index is 5.65. The summed E-state index contributed by atoms with van der Waals surface area (Å²) in [5.41, 5.74) is 7.19. The SMILES string of the molecule is CNc1cccc(-c2c(C)cc(C)c(C)c2OC)c1. The third-order valence-electron chi connectivity index (χ3n) is 3.63. The van der Waals surface area contributed by atoms with Crippen LogP contribution in [0.3, 0.4) is 0 Å². The highest BCUT2D eigenvalue weighted by Crippen LogP contribution is 2.38. The molecule has 2 aromatic rings. The molecule has 0 aliphatic heterocycles. The van der Waals surface area contributed by atoms with Crippen LogP contribution < -0.4 is 10.1 Å². The highest BCUT2D eigenvalue weighted by molar-refractivity contribution is 5.78. The van der Waals surface area contributed by atoms with Gasteiger partial charge in [0.25, 0.3) is 0 Å². The van der Waals surface area contributed by atoms with Crippen molar-refractivity contribution in [3.63, 3.8) is 0 Å². The second-order valence-corrected chi connectivity index (χ2v) is 4.87. The lowest BCUT2D eigenvalue weighted by Gasteiger charge is -2.17. The van der Waals surface area contributed by atoms with E-state index < -0.39 is 0 Å². The van der Waals surface area contributed by atoms with Gasteiger partial charge in [0.05, 0.1) is 7.11 Å². The molecule has 0 heterocycles. The molecule has 2 heteroatoms. The first-order valence-electron chi connectivity index (χ1n) is 6.51. The Morgan fingerprint density at radius 3 is 2.37 bits per heavy atom. The topological polar surface area (TPSA) is 21.3 Å². The van der Waals surface area contributed by atoms with Gasteiger partial charge in [-0.2, -0.15) is 0 Å². The maximum absolute atomic E-state index is 5.65. The van der Waals surface area contributed by atoms with Crippen LogP contribution in [0.4, 0.5) is 5.69 Å². The van der Waals surface area contributed by atoms with Crippen molar-refractivity contribution >= 4 is 5.69 Å². The summed E-state index contributed by atoms with van der Waals surface area (Å²) in [5.74, 6) is 0.978. The van der Waals surface area contributed by atoms with Gasteiger partial charge in [-0.1, -0.05) is 18.2 Å². The van der Waals surface area contributed by atoms with Gasteiger partial charge in [-0.15, -0.1) is 0 Å². The number of ether oxygens (including phenoxy) is 1. The van der Waals surface area contributed by atoms with Crippen molar-refractivity contribution in [2.24, 2.45) is 0 Å². The second-order valence-electron chi connectivity index (χ2n) is 4.87. The molecule has 0 atom stereocenters. The molecule has 2 nitrogen and oxygen atoms in total.